The monoisotopic (exact) mass is 403 g/mol. The molecule has 7 heteroatoms. The average molecular weight is 403 g/mol. The highest BCUT2D eigenvalue weighted by atomic mass is 19.2. The largest absolute Gasteiger partial charge is 0.369 e. The number of anilines is 1. The summed E-state index contributed by atoms with van der Waals surface area (Å²) >= 11 is 0. The maximum absolute atomic E-state index is 13.5. The second-order valence-electron chi connectivity index (χ2n) is 7.68. The number of piperidine rings is 1. The lowest BCUT2D eigenvalue weighted by Crippen LogP contribution is -2.55. The Hall–Kier alpha value is -2.54. The molecule has 0 N–H and O–H groups in total. The predicted octanol–water partition coefficient (Wildman–Crippen LogP) is 3.53. The molecule has 4 rings (SSSR count). The van der Waals surface area contributed by atoms with Crippen LogP contribution in [-0.4, -0.2) is 61.0 Å². The Balaban J connectivity index is 1.36. The first kappa shape index (κ1) is 19.8. The van der Waals surface area contributed by atoms with E-state index in [4.69, 9.17) is 0 Å². The first-order chi connectivity index (χ1) is 14.0. The minimum Gasteiger partial charge on any atom is -0.369 e. The number of carbonyl (C=O) groups excluding carboxylic acids is 1. The molecule has 2 fully saturated rings. The topological polar surface area (TPSA) is 26.8 Å². The van der Waals surface area contributed by atoms with E-state index in [2.05, 4.69) is 9.80 Å². The molecule has 1 unspecified atom stereocenters. The molecular weight excluding hydrogens is 379 g/mol. The van der Waals surface area contributed by atoms with Crippen LogP contribution in [0.25, 0.3) is 0 Å². The maximum Gasteiger partial charge on any atom is 0.254 e. The number of carbonyl (C=O) groups is 1. The van der Waals surface area contributed by atoms with E-state index < -0.39 is 11.6 Å². The van der Waals surface area contributed by atoms with Crippen molar-refractivity contribution in [2.45, 2.75) is 18.9 Å². The van der Waals surface area contributed by atoms with E-state index in [0.717, 1.165) is 56.8 Å². The van der Waals surface area contributed by atoms with Crippen molar-refractivity contribution in [2.75, 3.05) is 44.2 Å². The molecule has 29 heavy (non-hydrogen) atoms. The zero-order valence-corrected chi connectivity index (χ0v) is 16.2. The molecule has 2 aromatic rings. The second-order valence-corrected chi connectivity index (χ2v) is 7.68. The van der Waals surface area contributed by atoms with Crippen molar-refractivity contribution in [2.24, 2.45) is 0 Å². The number of hydrogen-bond acceptors (Lipinski definition) is 3. The van der Waals surface area contributed by atoms with Gasteiger partial charge in [0, 0.05) is 56.6 Å². The number of benzene rings is 2. The summed E-state index contributed by atoms with van der Waals surface area (Å²) in [5.41, 5.74) is 1.20. The highest BCUT2D eigenvalue weighted by Gasteiger charge is 2.30. The molecule has 0 aromatic heterocycles. The number of hydrogen-bond donors (Lipinski definition) is 0. The van der Waals surface area contributed by atoms with E-state index in [1.165, 1.54) is 18.2 Å². The molecular formula is C22H24F3N3O. The number of nitrogens with zero attached hydrogens (tertiary/aromatic N) is 3. The van der Waals surface area contributed by atoms with Crippen molar-refractivity contribution in [3.8, 4) is 0 Å². The van der Waals surface area contributed by atoms with Gasteiger partial charge in [0.25, 0.3) is 5.91 Å². The van der Waals surface area contributed by atoms with E-state index in [1.54, 1.807) is 17.0 Å². The van der Waals surface area contributed by atoms with Gasteiger partial charge >= 0.3 is 0 Å². The summed E-state index contributed by atoms with van der Waals surface area (Å²) in [6.45, 7) is 4.65. The molecule has 0 aliphatic carbocycles. The van der Waals surface area contributed by atoms with Crippen LogP contribution in [0.2, 0.25) is 0 Å². The summed E-state index contributed by atoms with van der Waals surface area (Å²) in [5, 5.41) is 0. The molecule has 0 bridgehead atoms. The van der Waals surface area contributed by atoms with Crippen molar-refractivity contribution in [1.82, 2.24) is 9.80 Å². The summed E-state index contributed by atoms with van der Waals surface area (Å²) < 4.78 is 39.8. The van der Waals surface area contributed by atoms with Gasteiger partial charge in [-0.3, -0.25) is 9.69 Å². The minimum atomic E-state index is -0.999. The maximum atomic E-state index is 13.5. The van der Waals surface area contributed by atoms with Crippen LogP contribution in [0.1, 0.15) is 23.2 Å². The van der Waals surface area contributed by atoms with Gasteiger partial charge in [0.1, 0.15) is 5.82 Å². The molecule has 2 saturated heterocycles. The van der Waals surface area contributed by atoms with Gasteiger partial charge in [-0.2, -0.15) is 0 Å². The summed E-state index contributed by atoms with van der Waals surface area (Å²) in [6.07, 6.45) is 1.90. The molecule has 1 atom stereocenters. The molecule has 2 heterocycles. The van der Waals surface area contributed by atoms with E-state index in [9.17, 15) is 18.0 Å². The van der Waals surface area contributed by atoms with Gasteiger partial charge in [0.15, 0.2) is 11.6 Å². The van der Waals surface area contributed by atoms with Crippen LogP contribution in [0.15, 0.2) is 42.5 Å². The number of piperazine rings is 1. The lowest BCUT2D eigenvalue weighted by atomic mass is 10.0. The summed E-state index contributed by atoms with van der Waals surface area (Å²) in [7, 11) is 0. The van der Waals surface area contributed by atoms with Gasteiger partial charge in [-0.15, -0.1) is 0 Å². The number of likely N-dealkylation sites (tertiary alicyclic amines) is 1. The van der Waals surface area contributed by atoms with Crippen molar-refractivity contribution >= 4 is 11.6 Å². The zero-order chi connectivity index (χ0) is 20.4. The van der Waals surface area contributed by atoms with Crippen LogP contribution in [0.3, 0.4) is 0 Å². The van der Waals surface area contributed by atoms with Gasteiger partial charge in [-0.25, -0.2) is 13.2 Å². The minimum absolute atomic E-state index is 0.186. The lowest BCUT2D eigenvalue weighted by Gasteiger charge is -2.44. The SMILES string of the molecule is O=C(c1ccc(F)c(F)c1)N1CCCC(N2CCN(c3ccc(F)cc3)CC2)C1. The Bertz CT molecular complexity index is 866. The van der Waals surface area contributed by atoms with Crippen molar-refractivity contribution in [1.29, 1.82) is 0 Å². The highest BCUT2D eigenvalue weighted by Crippen LogP contribution is 2.22. The van der Waals surface area contributed by atoms with Gasteiger partial charge in [0.2, 0.25) is 0 Å². The highest BCUT2D eigenvalue weighted by molar-refractivity contribution is 5.94. The van der Waals surface area contributed by atoms with Gasteiger partial charge in [0.05, 0.1) is 0 Å². The Morgan fingerprint density at radius 2 is 1.59 bits per heavy atom. The molecule has 2 aliphatic rings. The summed E-state index contributed by atoms with van der Waals surface area (Å²) in [4.78, 5) is 19.1. The Kier molecular flexibility index (Phi) is 5.76. The van der Waals surface area contributed by atoms with Crippen molar-refractivity contribution in [3.05, 3.63) is 65.5 Å². The number of amides is 1. The van der Waals surface area contributed by atoms with Crippen LogP contribution >= 0.6 is 0 Å². The number of halogens is 3. The third-order valence-corrected chi connectivity index (χ3v) is 5.87. The zero-order valence-electron chi connectivity index (χ0n) is 16.2. The Labute approximate surface area is 168 Å². The molecule has 4 nitrogen and oxygen atoms in total. The normalized spacial score (nSPS) is 20.7. The van der Waals surface area contributed by atoms with E-state index in [-0.39, 0.29) is 23.3 Å². The number of rotatable bonds is 3. The van der Waals surface area contributed by atoms with Crippen molar-refractivity contribution < 1.29 is 18.0 Å². The lowest BCUT2D eigenvalue weighted by molar-refractivity contribution is 0.0563. The first-order valence-corrected chi connectivity index (χ1v) is 10.00. The quantitative estimate of drug-likeness (QED) is 0.785. The van der Waals surface area contributed by atoms with Crippen LogP contribution in [0.5, 0.6) is 0 Å². The molecule has 0 saturated carbocycles. The third-order valence-electron chi connectivity index (χ3n) is 5.87. The smallest absolute Gasteiger partial charge is 0.254 e. The second kappa shape index (κ2) is 8.45. The summed E-state index contributed by atoms with van der Waals surface area (Å²) in [6, 6.07) is 10.1. The van der Waals surface area contributed by atoms with Crippen LogP contribution < -0.4 is 4.90 Å². The van der Waals surface area contributed by atoms with E-state index in [1.807, 2.05) is 0 Å². The molecule has 2 aliphatic heterocycles. The van der Waals surface area contributed by atoms with E-state index in [0.29, 0.717) is 13.1 Å². The van der Waals surface area contributed by atoms with Gasteiger partial charge in [-0.1, -0.05) is 0 Å². The third kappa shape index (κ3) is 4.40. The average Bonchev–Trinajstić information content (AvgIpc) is 2.76. The van der Waals surface area contributed by atoms with Gasteiger partial charge in [-0.05, 0) is 55.3 Å². The van der Waals surface area contributed by atoms with Crippen LogP contribution in [-0.2, 0) is 0 Å². The van der Waals surface area contributed by atoms with E-state index >= 15 is 0 Å². The molecule has 0 spiro atoms. The fourth-order valence-corrected chi connectivity index (χ4v) is 4.25. The molecule has 2 aromatic carbocycles. The standard InChI is InChI=1S/C22H24F3N3O/c23-17-4-6-18(7-5-17)26-10-12-27(13-11-26)19-2-1-9-28(15-19)22(29)16-3-8-20(24)21(25)14-16/h3-8,14,19H,1-2,9-13,15H2. The fraction of sp³-hybridized carbons (Fsp3) is 0.409. The summed E-state index contributed by atoms with van der Waals surface area (Å²) in [5.74, 6) is -2.43. The molecule has 0 radical (unpaired) electrons. The van der Waals surface area contributed by atoms with Crippen molar-refractivity contribution in [3.63, 3.8) is 0 Å². The van der Waals surface area contributed by atoms with Crippen LogP contribution in [0, 0.1) is 17.5 Å². The molecule has 1 amide bonds. The Morgan fingerprint density at radius 3 is 2.28 bits per heavy atom. The molecule has 154 valence electrons. The fourth-order valence-electron chi connectivity index (χ4n) is 4.25. The van der Waals surface area contributed by atoms with Crippen LogP contribution in [0.4, 0.5) is 18.9 Å². The van der Waals surface area contributed by atoms with Gasteiger partial charge < -0.3 is 9.80 Å². The first-order valence-electron chi connectivity index (χ1n) is 10.00. The predicted molar refractivity (Wildman–Crippen MR) is 105 cm³/mol. The Morgan fingerprint density at radius 1 is 0.862 bits per heavy atom.